The molecule has 0 fully saturated rings. The van der Waals surface area contributed by atoms with Crippen molar-refractivity contribution in [2.75, 3.05) is 32.0 Å². The van der Waals surface area contributed by atoms with Crippen molar-refractivity contribution in [3.8, 4) is 0 Å². The van der Waals surface area contributed by atoms with E-state index in [0.717, 1.165) is 6.07 Å². The summed E-state index contributed by atoms with van der Waals surface area (Å²) in [5.41, 5.74) is -0.503. The van der Waals surface area contributed by atoms with Crippen molar-refractivity contribution in [2.24, 2.45) is 0 Å². The average Bonchev–Trinajstić information content (AvgIpc) is 2.55. The number of rotatable bonds is 8. The van der Waals surface area contributed by atoms with Gasteiger partial charge in [-0.25, -0.2) is 13.2 Å². The number of nitrogens with one attached hydrogen (secondary N) is 3. The number of hydrogen-bond donors (Lipinski definition) is 3. The van der Waals surface area contributed by atoms with E-state index in [4.69, 9.17) is 0 Å². The van der Waals surface area contributed by atoms with Gasteiger partial charge in [0, 0.05) is 6.54 Å². The van der Waals surface area contributed by atoms with E-state index in [2.05, 4.69) is 16.0 Å². The lowest BCUT2D eigenvalue weighted by atomic mass is 10.2. The first-order valence-corrected chi connectivity index (χ1v) is 7.84. The van der Waals surface area contributed by atoms with Gasteiger partial charge in [-0.15, -0.1) is 0 Å². The Morgan fingerprint density at radius 1 is 1.08 bits per heavy atom. The molecular weight excluding hydrogens is 353 g/mol. The van der Waals surface area contributed by atoms with Gasteiger partial charge in [0.15, 0.2) is 17.5 Å². The molecule has 0 heterocycles. The predicted molar refractivity (Wildman–Crippen MR) is 88.7 cm³/mol. The zero-order valence-corrected chi connectivity index (χ0v) is 14.7. The number of amides is 3. The molecule has 1 rings (SSSR count). The second kappa shape index (κ2) is 9.76. The molecule has 0 aromatic heterocycles. The first-order valence-electron chi connectivity index (χ1n) is 7.84. The molecule has 3 N–H and O–H groups in total. The maximum Gasteiger partial charge on any atom is 0.242 e. The molecule has 144 valence electrons. The molecule has 3 amide bonds. The summed E-state index contributed by atoms with van der Waals surface area (Å²) >= 11 is 0. The van der Waals surface area contributed by atoms with Gasteiger partial charge in [0.1, 0.15) is 6.04 Å². The topological polar surface area (TPSA) is 90.5 Å². The Bertz CT molecular complexity index is 685. The fourth-order valence-electron chi connectivity index (χ4n) is 2.04. The lowest BCUT2D eigenvalue weighted by Crippen LogP contribution is -2.48. The van der Waals surface area contributed by atoms with E-state index in [1.165, 1.54) is 18.9 Å². The molecular formula is C16H21F3N4O3. The monoisotopic (exact) mass is 374 g/mol. The van der Waals surface area contributed by atoms with Gasteiger partial charge in [0.2, 0.25) is 17.7 Å². The summed E-state index contributed by atoms with van der Waals surface area (Å²) in [4.78, 5) is 36.5. The molecule has 7 nitrogen and oxygen atoms in total. The molecule has 0 saturated heterocycles. The highest BCUT2D eigenvalue weighted by molar-refractivity contribution is 5.93. The molecule has 0 saturated carbocycles. The Morgan fingerprint density at radius 2 is 1.69 bits per heavy atom. The van der Waals surface area contributed by atoms with E-state index >= 15 is 0 Å². The largest absolute Gasteiger partial charge is 0.355 e. The second-order valence-corrected chi connectivity index (χ2v) is 5.63. The Morgan fingerprint density at radius 3 is 2.31 bits per heavy atom. The molecule has 0 radical (unpaired) electrons. The minimum Gasteiger partial charge on any atom is -0.355 e. The van der Waals surface area contributed by atoms with Crippen molar-refractivity contribution >= 4 is 23.4 Å². The van der Waals surface area contributed by atoms with Crippen molar-refractivity contribution in [3.05, 3.63) is 29.6 Å². The molecule has 10 heteroatoms. The van der Waals surface area contributed by atoms with Crippen LogP contribution in [0.2, 0.25) is 0 Å². The predicted octanol–water partition coefficient (Wildman–Crippen LogP) is 0.615. The van der Waals surface area contributed by atoms with Crippen LogP contribution in [0.1, 0.15) is 13.8 Å². The van der Waals surface area contributed by atoms with Crippen LogP contribution < -0.4 is 16.0 Å². The number of nitrogens with zero attached hydrogens (tertiary/aromatic N) is 1. The highest BCUT2D eigenvalue weighted by Gasteiger charge is 2.18. The Kier molecular flexibility index (Phi) is 8.04. The number of carbonyl (C=O) groups excluding carboxylic acids is 3. The van der Waals surface area contributed by atoms with Gasteiger partial charge in [-0.1, -0.05) is 0 Å². The molecule has 0 unspecified atom stereocenters. The number of halogens is 3. The second-order valence-electron chi connectivity index (χ2n) is 5.63. The number of likely N-dealkylation sites (N-methyl/N-ethyl adjacent to an activating group) is 2. The van der Waals surface area contributed by atoms with Crippen LogP contribution in [0.3, 0.4) is 0 Å². The smallest absolute Gasteiger partial charge is 0.242 e. The fraction of sp³-hybridized carbons (Fsp3) is 0.438. The summed E-state index contributed by atoms with van der Waals surface area (Å²) in [6.07, 6.45) is 0. The molecule has 0 aliphatic rings. The fourth-order valence-corrected chi connectivity index (χ4v) is 2.04. The molecule has 0 spiro atoms. The van der Waals surface area contributed by atoms with Crippen LogP contribution in [0.15, 0.2) is 12.1 Å². The average molecular weight is 374 g/mol. The van der Waals surface area contributed by atoms with Crippen molar-refractivity contribution in [3.63, 3.8) is 0 Å². The molecule has 0 aliphatic carbocycles. The lowest BCUT2D eigenvalue weighted by Gasteiger charge is -2.18. The van der Waals surface area contributed by atoms with Crippen LogP contribution in [0.25, 0.3) is 0 Å². The van der Waals surface area contributed by atoms with Crippen LogP contribution >= 0.6 is 0 Å². The number of benzene rings is 1. The zero-order valence-electron chi connectivity index (χ0n) is 14.7. The summed E-state index contributed by atoms with van der Waals surface area (Å²) in [5, 5.41) is 7.12. The normalized spacial score (nSPS) is 11.8. The highest BCUT2D eigenvalue weighted by Crippen LogP contribution is 2.19. The highest BCUT2D eigenvalue weighted by atomic mass is 19.2. The number of carbonyl (C=O) groups is 3. The molecule has 26 heavy (non-hydrogen) atoms. The third-order valence-corrected chi connectivity index (χ3v) is 3.26. The minimum absolute atomic E-state index is 0.197. The van der Waals surface area contributed by atoms with Gasteiger partial charge in [-0.3, -0.25) is 19.3 Å². The van der Waals surface area contributed by atoms with Crippen molar-refractivity contribution in [1.82, 2.24) is 15.5 Å². The SMILES string of the molecule is CCNC(=O)[C@@H](C)NC(=O)CN(C)CC(=O)Nc1ccc(F)c(F)c1F. The standard InChI is InChI=1S/C16H21F3N4O3/c1-4-20-16(26)9(2)21-12(24)7-23(3)8-13(25)22-11-6-5-10(17)14(18)15(11)19/h5-6,9H,4,7-8H2,1-3H3,(H,20,26)(H,21,24)(H,22,25)/t9-/m1/s1. The van der Waals surface area contributed by atoms with Crippen LogP contribution in [-0.2, 0) is 14.4 Å². The van der Waals surface area contributed by atoms with Crippen molar-refractivity contribution < 1.29 is 27.6 Å². The van der Waals surface area contributed by atoms with E-state index in [1.807, 2.05) is 0 Å². The van der Waals surface area contributed by atoms with Crippen molar-refractivity contribution in [2.45, 2.75) is 19.9 Å². The van der Waals surface area contributed by atoms with Gasteiger partial charge in [-0.2, -0.15) is 0 Å². The Labute approximate surface area is 148 Å². The van der Waals surface area contributed by atoms with E-state index in [1.54, 1.807) is 6.92 Å². The number of hydrogen-bond acceptors (Lipinski definition) is 4. The molecule has 0 bridgehead atoms. The van der Waals surface area contributed by atoms with Gasteiger partial charge < -0.3 is 16.0 Å². The summed E-state index contributed by atoms with van der Waals surface area (Å²) in [6.45, 7) is 3.19. The van der Waals surface area contributed by atoms with E-state index < -0.39 is 41.0 Å². The quantitative estimate of drug-likeness (QED) is 0.582. The van der Waals surface area contributed by atoms with E-state index in [0.29, 0.717) is 12.6 Å². The van der Waals surface area contributed by atoms with E-state index in [9.17, 15) is 27.6 Å². The zero-order chi connectivity index (χ0) is 19.9. The Balaban J connectivity index is 2.51. The summed E-state index contributed by atoms with van der Waals surface area (Å²) in [7, 11) is 1.46. The van der Waals surface area contributed by atoms with Crippen molar-refractivity contribution in [1.29, 1.82) is 0 Å². The first kappa shape index (κ1) is 21.4. The third kappa shape index (κ3) is 6.36. The van der Waals surface area contributed by atoms with Gasteiger partial charge in [0.05, 0.1) is 18.8 Å². The van der Waals surface area contributed by atoms with Crippen LogP contribution in [0.4, 0.5) is 18.9 Å². The van der Waals surface area contributed by atoms with Crippen LogP contribution in [0, 0.1) is 17.5 Å². The first-order chi connectivity index (χ1) is 12.1. The lowest BCUT2D eigenvalue weighted by molar-refractivity contribution is -0.129. The molecule has 0 aliphatic heterocycles. The van der Waals surface area contributed by atoms with Gasteiger partial charge in [0.25, 0.3) is 0 Å². The van der Waals surface area contributed by atoms with Crippen LogP contribution in [-0.4, -0.2) is 55.3 Å². The third-order valence-electron chi connectivity index (χ3n) is 3.26. The Hall–Kier alpha value is -2.62. The van der Waals surface area contributed by atoms with Crippen LogP contribution in [0.5, 0.6) is 0 Å². The molecule has 1 atom stereocenters. The number of anilines is 1. The maximum absolute atomic E-state index is 13.5. The molecule has 1 aromatic rings. The van der Waals surface area contributed by atoms with Gasteiger partial charge >= 0.3 is 0 Å². The van der Waals surface area contributed by atoms with E-state index in [-0.39, 0.29) is 19.0 Å². The van der Waals surface area contributed by atoms with Gasteiger partial charge in [-0.05, 0) is 33.0 Å². The molecule has 1 aromatic carbocycles. The summed E-state index contributed by atoms with van der Waals surface area (Å²) in [6, 6.07) is 0.848. The minimum atomic E-state index is -1.69. The summed E-state index contributed by atoms with van der Waals surface area (Å²) < 4.78 is 39.5. The maximum atomic E-state index is 13.5. The summed E-state index contributed by atoms with van der Waals surface area (Å²) in [5.74, 6) is -6.10.